The van der Waals surface area contributed by atoms with Crippen molar-refractivity contribution in [3.8, 4) is 0 Å². The molecule has 5 heteroatoms. The first-order valence-corrected chi connectivity index (χ1v) is 4.86. The standard InChI is InChI=1S/C10H16FN3O/c1-10(2,3-4-15)6-12-9-5-8(11)13-7-14-9/h5,7,15H,3-4,6H2,1-2H3,(H,12,13,14). The van der Waals surface area contributed by atoms with Crippen molar-refractivity contribution < 1.29 is 9.50 Å². The average Bonchev–Trinajstić information content (AvgIpc) is 2.15. The minimum atomic E-state index is -0.549. The van der Waals surface area contributed by atoms with Gasteiger partial charge in [-0.05, 0) is 11.8 Å². The molecule has 0 aromatic carbocycles. The number of aliphatic hydroxyl groups excluding tert-OH is 1. The molecule has 0 saturated heterocycles. The number of hydrogen-bond acceptors (Lipinski definition) is 4. The van der Waals surface area contributed by atoms with Crippen LogP contribution in [0.25, 0.3) is 0 Å². The van der Waals surface area contributed by atoms with Crippen LogP contribution < -0.4 is 5.32 Å². The lowest BCUT2D eigenvalue weighted by molar-refractivity contribution is 0.220. The summed E-state index contributed by atoms with van der Waals surface area (Å²) in [6.45, 7) is 4.82. The molecule has 0 aliphatic heterocycles. The van der Waals surface area contributed by atoms with E-state index < -0.39 is 5.95 Å². The van der Waals surface area contributed by atoms with Crippen molar-refractivity contribution >= 4 is 5.82 Å². The maximum atomic E-state index is 12.7. The quantitative estimate of drug-likeness (QED) is 0.726. The number of halogens is 1. The molecule has 0 spiro atoms. The third kappa shape index (κ3) is 4.20. The average molecular weight is 213 g/mol. The van der Waals surface area contributed by atoms with E-state index in [4.69, 9.17) is 5.11 Å². The SMILES string of the molecule is CC(C)(CCO)CNc1cc(F)ncn1. The lowest BCUT2D eigenvalue weighted by Crippen LogP contribution is -2.24. The van der Waals surface area contributed by atoms with Crippen LogP contribution in [0.2, 0.25) is 0 Å². The molecular formula is C10H16FN3O. The van der Waals surface area contributed by atoms with Gasteiger partial charge in [0.2, 0.25) is 5.95 Å². The number of nitrogens with zero attached hydrogens (tertiary/aromatic N) is 2. The second-order valence-corrected chi connectivity index (χ2v) is 4.22. The van der Waals surface area contributed by atoms with Gasteiger partial charge in [-0.3, -0.25) is 0 Å². The zero-order valence-electron chi connectivity index (χ0n) is 9.00. The zero-order valence-corrected chi connectivity index (χ0v) is 9.00. The van der Waals surface area contributed by atoms with Gasteiger partial charge >= 0.3 is 0 Å². The third-order valence-corrected chi connectivity index (χ3v) is 2.17. The van der Waals surface area contributed by atoms with Crippen LogP contribution >= 0.6 is 0 Å². The lowest BCUT2D eigenvalue weighted by Gasteiger charge is -2.23. The summed E-state index contributed by atoms with van der Waals surface area (Å²) < 4.78 is 12.7. The van der Waals surface area contributed by atoms with E-state index in [0.29, 0.717) is 18.8 Å². The molecule has 1 heterocycles. The van der Waals surface area contributed by atoms with Gasteiger partial charge < -0.3 is 10.4 Å². The van der Waals surface area contributed by atoms with E-state index in [9.17, 15) is 4.39 Å². The highest BCUT2D eigenvalue weighted by Crippen LogP contribution is 2.19. The first-order valence-electron chi connectivity index (χ1n) is 4.86. The molecule has 84 valence electrons. The van der Waals surface area contributed by atoms with E-state index in [1.54, 1.807) is 0 Å². The summed E-state index contributed by atoms with van der Waals surface area (Å²) in [6, 6.07) is 1.25. The molecule has 0 aliphatic carbocycles. The normalized spacial score (nSPS) is 11.5. The first kappa shape index (κ1) is 11.8. The van der Waals surface area contributed by atoms with E-state index in [1.165, 1.54) is 12.4 Å². The predicted molar refractivity (Wildman–Crippen MR) is 56.0 cm³/mol. The van der Waals surface area contributed by atoms with Crippen LogP contribution in [0.15, 0.2) is 12.4 Å². The molecule has 0 fully saturated rings. The van der Waals surface area contributed by atoms with Crippen molar-refractivity contribution in [3.63, 3.8) is 0 Å². The smallest absolute Gasteiger partial charge is 0.217 e. The summed E-state index contributed by atoms with van der Waals surface area (Å²) >= 11 is 0. The Morgan fingerprint density at radius 3 is 2.80 bits per heavy atom. The Morgan fingerprint density at radius 2 is 2.20 bits per heavy atom. The fraction of sp³-hybridized carbons (Fsp3) is 0.600. The molecule has 1 aromatic rings. The Bertz CT molecular complexity index is 317. The summed E-state index contributed by atoms with van der Waals surface area (Å²) in [7, 11) is 0. The van der Waals surface area contributed by atoms with Crippen LogP contribution in [0.3, 0.4) is 0 Å². The molecule has 0 unspecified atom stereocenters. The van der Waals surface area contributed by atoms with E-state index in [-0.39, 0.29) is 12.0 Å². The maximum Gasteiger partial charge on any atom is 0.217 e. The van der Waals surface area contributed by atoms with E-state index in [1.807, 2.05) is 13.8 Å². The topological polar surface area (TPSA) is 58.0 Å². The van der Waals surface area contributed by atoms with Crippen molar-refractivity contribution in [1.29, 1.82) is 0 Å². The molecule has 0 aliphatic rings. The fourth-order valence-electron chi connectivity index (χ4n) is 1.15. The molecule has 0 atom stereocenters. The molecule has 1 aromatic heterocycles. The number of aromatic nitrogens is 2. The van der Waals surface area contributed by atoms with Gasteiger partial charge in [0.25, 0.3) is 0 Å². The van der Waals surface area contributed by atoms with Crippen LogP contribution in [-0.2, 0) is 0 Å². The van der Waals surface area contributed by atoms with Gasteiger partial charge in [0.05, 0.1) is 0 Å². The maximum absolute atomic E-state index is 12.7. The second kappa shape index (κ2) is 5.02. The highest BCUT2D eigenvalue weighted by molar-refractivity contribution is 5.32. The Morgan fingerprint density at radius 1 is 1.47 bits per heavy atom. The monoisotopic (exact) mass is 213 g/mol. The molecule has 0 saturated carbocycles. The molecule has 15 heavy (non-hydrogen) atoms. The molecule has 4 nitrogen and oxygen atoms in total. The Labute approximate surface area is 88.6 Å². The van der Waals surface area contributed by atoms with Crippen LogP contribution in [-0.4, -0.2) is 28.2 Å². The van der Waals surface area contributed by atoms with Gasteiger partial charge in [0.1, 0.15) is 12.1 Å². The molecule has 0 radical (unpaired) electrons. The number of hydrogen-bond donors (Lipinski definition) is 2. The van der Waals surface area contributed by atoms with Crippen molar-refractivity contribution in [2.24, 2.45) is 5.41 Å². The van der Waals surface area contributed by atoms with Crippen molar-refractivity contribution in [1.82, 2.24) is 9.97 Å². The third-order valence-electron chi connectivity index (χ3n) is 2.17. The van der Waals surface area contributed by atoms with Crippen LogP contribution in [0.1, 0.15) is 20.3 Å². The van der Waals surface area contributed by atoms with Crippen LogP contribution in [0.4, 0.5) is 10.2 Å². The highest BCUT2D eigenvalue weighted by Gasteiger charge is 2.16. The molecular weight excluding hydrogens is 197 g/mol. The van der Waals surface area contributed by atoms with Crippen LogP contribution in [0, 0.1) is 11.4 Å². The van der Waals surface area contributed by atoms with Gasteiger partial charge in [0.15, 0.2) is 0 Å². The van der Waals surface area contributed by atoms with Gasteiger partial charge in [-0.2, -0.15) is 4.39 Å². The van der Waals surface area contributed by atoms with Gasteiger partial charge in [-0.25, -0.2) is 9.97 Å². The fourth-order valence-corrected chi connectivity index (χ4v) is 1.15. The summed E-state index contributed by atoms with van der Waals surface area (Å²) in [4.78, 5) is 7.24. The van der Waals surface area contributed by atoms with Gasteiger partial charge in [-0.15, -0.1) is 0 Å². The summed E-state index contributed by atoms with van der Waals surface area (Å²) in [5.74, 6) is -0.0824. The minimum Gasteiger partial charge on any atom is -0.396 e. The summed E-state index contributed by atoms with van der Waals surface area (Å²) in [6.07, 6.45) is 1.87. The summed E-state index contributed by atoms with van der Waals surface area (Å²) in [5.41, 5.74) is -0.0455. The first-order chi connectivity index (χ1) is 7.03. The zero-order chi connectivity index (χ0) is 11.3. The molecule has 0 amide bonds. The van der Waals surface area contributed by atoms with E-state index in [0.717, 1.165) is 0 Å². The van der Waals surface area contributed by atoms with Crippen molar-refractivity contribution in [2.45, 2.75) is 20.3 Å². The lowest BCUT2D eigenvalue weighted by atomic mass is 9.90. The number of aliphatic hydroxyl groups is 1. The van der Waals surface area contributed by atoms with Gasteiger partial charge in [-0.1, -0.05) is 13.8 Å². The number of anilines is 1. The Hall–Kier alpha value is -1.23. The predicted octanol–water partition coefficient (Wildman–Crippen LogP) is 1.44. The molecule has 2 N–H and O–H groups in total. The van der Waals surface area contributed by atoms with Crippen molar-refractivity contribution in [2.75, 3.05) is 18.5 Å². The summed E-state index contributed by atoms with van der Waals surface area (Å²) in [5, 5.41) is 11.8. The minimum absolute atomic E-state index is 0.0455. The highest BCUT2D eigenvalue weighted by atomic mass is 19.1. The van der Waals surface area contributed by atoms with E-state index in [2.05, 4.69) is 15.3 Å². The molecule has 0 bridgehead atoms. The van der Waals surface area contributed by atoms with Crippen molar-refractivity contribution in [3.05, 3.63) is 18.3 Å². The number of nitrogens with one attached hydrogen (secondary N) is 1. The van der Waals surface area contributed by atoms with E-state index >= 15 is 0 Å². The second-order valence-electron chi connectivity index (χ2n) is 4.22. The number of rotatable bonds is 5. The van der Waals surface area contributed by atoms with Gasteiger partial charge in [0, 0.05) is 19.2 Å². The Kier molecular flexibility index (Phi) is 3.96. The van der Waals surface area contributed by atoms with Crippen LogP contribution in [0.5, 0.6) is 0 Å². The molecule has 1 rings (SSSR count). The Balaban J connectivity index is 2.49. The largest absolute Gasteiger partial charge is 0.396 e.